The van der Waals surface area contributed by atoms with Crippen LogP contribution in [-0.2, 0) is 11.2 Å². The van der Waals surface area contributed by atoms with Gasteiger partial charge in [-0.05, 0) is 30.5 Å². The number of carbonyl (C=O) groups excluding carboxylic acids is 1. The average Bonchev–Trinajstić information content (AvgIpc) is 2.46. The predicted molar refractivity (Wildman–Crippen MR) is 82.3 cm³/mol. The highest BCUT2D eigenvalue weighted by Gasteiger charge is 2.22. The highest BCUT2D eigenvalue weighted by Crippen LogP contribution is 2.21. The summed E-state index contributed by atoms with van der Waals surface area (Å²) in [5.41, 5.74) is 7.61. The minimum Gasteiger partial charge on any atom is -0.399 e. The number of nitrogens with zero attached hydrogens (tertiary/aromatic N) is 1. The zero-order chi connectivity index (χ0) is 13.7. The van der Waals surface area contributed by atoms with Crippen LogP contribution in [0.3, 0.4) is 0 Å². The molecular formula is C15H22N2OS. The highest BCUT2D eigenvalue weighted by atomic mass is 32.2. The zero-order valence-electron chi connectivity index (χ0n) is 11.5. The van der Waals surface area contributed by atoms with Crippen molar-refractivity contribution in [3.05, 3.63) is 29.8 Å². The largest absolute Gasteiger partial charge is 0.399 e. The van der Waals surface area contributed by atoms with Crippen LogP contribution in [0.25, 0.3) is 0 Å². The Kier molecular flexibility index (Phi) is 5.14. The Morgan fingerprint density at radius 3 is 2.84 bits per heavy atom. The summed E-state index contributed by atoms with van der Waals surface area (Å²) in [5.74, 6) is 1.36. The Labute approximate surface area is 119 Å². The van der Waals surface area contributed by atoms with Gasteiger partial charge in [-0.2, -0.15) is 11.8 Å². The van der Waals surface area contributed by atoms with Crippen molar-refractivity contribution >= 4 is 23.4 Å². The summed E-state index contributed by atoms with van der Waals surface area (Å²) in [6.07, 6.45) is 2.55. The van der Waals surface area contributed by atoms with Crippen LogP contribution in [0.4, 0.5) is 5.69 Å². The molecule has 2 N–H and O–H groups in total. The van der Waals surface area contributed by atoms with Crippen molar-refractivity contribution in [2.75, 3.05) is 24.6 Å². The van der Waals surface area contributed by atoms with Gasteiger partial charge in [0.05, 0.1) is 0 Å². The number of amides is 1. The summed E-state index contributed by atoms with van der Waals surface area (Å²) in [7, 11) is 0. The second kappa shape index (κ2) is 6.85. The molecule has 1 heterocycles. The third-order valence-corrected chi connectivity index (χ3v) is 4.93. The molecule has 19 heavy (non-hydrogen) atoms. The van der Waals surface area contributed by atoms with Crippen molar-refractivity contribution < 1.29 is 4.79 Å². The van der Waals surface area contributed by atoms with E-state index in [0.717, 1.165) is 37.4 Å². The number of nitrogens with two attached hydrogens (primary N) is 1. The van der Waals surface area contributed by atoms with E-state index in [0.29, 0.717) is 11.7 Å². The van der Waals surface area contributed by atoms with E-state index in [-0.39, 0.29) is 5.91 Å². The van der Waals surface area contributed by atoms with Gasteiger partial charge in [-0.3, -0.25) is 4.79 Å². The number of rotatable bonds is 4. The first-order valence-corrected chi connectivity index (χ1v) is 7.97. The molecule has 0 saturated carbocycles. The zero-order valence-corrected chi connectivity index (χ0v) is 12.3. The molecule has 0 aromatic heterocycles. The van der Waals surface area contributed by atoms with Crippen LogP contribution in [0.2, 0.25) is 0 Å². The standard InChI is InChI=1S/C15H22N2OS/c1-2-14-11-17(9-10-19-14)15(18)8-5-12-3-6-13(16)7-4-12/h3-4,6-7,14H,2,5,8-11,16H2,1H3. The number of hydrogen-bond donors (Lipinski definition) is 1. The van der Waals surface area contributed by atoms with Crippen LogP contribution in [0.1, 0.15) is 25.3 Å². The molecule has 1 aromatic rings. The lowest BCUT2D eigenvalue weighted by Gasteiger charge is -2.32. The molecule has 4 heteroatoms. The monoisotopic (exact) mass is 278 g/mol. The van der Waals surface area contributed by atoms with Crippen LogP contribution in [-0.4, -0.2) is 34.9 Å². The second-order valence-corrected chi connectivity index (χ2v) is 6.39. The number of nitrogen functional groups attached to an aromatic ring is 1. The molecule has 0 spiro atoms. The Morgan fingerprint density at radius 1 is 1.42 bits per heavy atom. The maximum Gasteiger partial charge on any atom is 0.222 e. The number of aryl methyl sites for hydroxylation is 1. The SMILES string of the molecule is CCC1CN(C(=O)CCc2ccc(N)cc2)CCS1. The Balaban J connectivity index is 1.82. The second-order valence-electron chi connectivity index (χ2n) is 4.98. The molecule has 1 amide bonds. The third kappa shape index (κ3) is 4.16. The van der Waals surface area contributed by atoms with Gasteiger partial charge in [0.2, 0.25) is 5.91 Å². The van der Waals surface area contributed by atoms with Gasteiger partial charge in [-0.15, -0.1) is 0 Å². The van der Waals surface area contributed by atoms with Crippen molar-refractivity contribution in [2.24, 2.45) is 0 Å². The minimum atomic E-state index is 0.288. The van der Waals surface area contributed by atoms with E-state index in [4.69, 9.17) is 5.73 Å². The molecule has 1 aliphatic rings. The van der Waals surface area contributed by atoms with Crippen molar-refractivity contribution in [1.29, 1.82) is 0 Å². The van der Waals surface area contributed by atoms with Crippen LogP contribution >= 0.6 is 11.8 Å². The first-order chi connectivity index (χ1) is 9.19. The topological polar surface area (TPSA) is 46.3 Å². The molecular weight excluding hydrogens is 256 g/mol. The van der Waals surface area contributed by atoms with Crippen molar-refractivity contribution in [3.63, 3.8) is 0 Å². The summed E-state index contributed by atoms with van der Waals surface area (Å²) in [6.45, 7) is 4.02. The summed E-state index contributed by atoms with van der Waals surface area (Å²) >= 11 is 1.99. The third-order valence-electron chi connectivity index (χ3n) is 3.55. The van der Waals surface area contributed by atoms with Crippen LogP contribution in [0, 0.1) is 0 Å². The first kappa shape index (κ1) is 14.3. The summed E-state index contributed by atoms with van der Waals surface area (Å²) in [5, 5.41) is 0.620. The van der Waals surface area contributed by atoms with Crippen LogP contribution in [0.5, 0.6) is 0 Å². The van der Waals surface area contributed by atoms with Crippen LogP contribution < -0.4 is 5.73 Å². The molecule has 1 fully saturated rings. The Bertz CT molecular complexity index is 419. The van der Waals surface area contributed by atoms with Gasteiger partial charge in [-0.1, -0.05) is 19.1 Å². The smallest absolute Gasteiger partial charge is 0.222 e. The van der Waals surface area contributed by atoms with Gasteiger partial charge >= 0.3 is 0 Å². The van der Waals surface area contributed by atoms with Crippen LogP contribution in [0.15, 0.2) is 24.3 Å². The van der Waals surface area contributed by atoms with Gasteiger partial charge in [0.15, 0.2) is 0 Å². The Morgan fingerprint density at radius 2 is 2.16 bits per heavy atom. The molecule has 1 atom stereocenters. The van der Waals surface area contributed by atoms with E-state index in [2.05, 4.69) is 6.92 Å². The lowest BCUT2D eigenvalue weighted by Crippen LogP contribution is -2.41. The first-order valence-electron chi connectivity index (χ1n) is 6.93. The van der Waals surface area contributed by atoms with Crippen molar-refractivity contribution in [3.8, 4) is 0 Å². The van der Waals surface area contributed by atoms with Gasteiger partial charge in [0, 0.05) is 36.2 Å². The maximum atomic E-state index is 12.2. The quantitative estimate of drug-likeness (QED) is 0.861. The molecule has 0 radical (unpaired) electrons. The molecule has 1 saturated heterocycles. The Hall–Kier alpha value is -1.16. The van der Waals surface area contributed by atoms with Gasteiger partial charge < -0.3 is 10.6 Å². The van der Waals surface area contributed by atoms with Gasteiger partial charge in [-0.25, -0.2) is 0 Å². The average molecular weight is 278 g/mol. The van der Waals surface area contributed by atoms with E-state index in [1.54, 1.807) is 0 Å². The van der Waals surface area contributed by atoms with Gasteiger partial charge in [0.1, 0.15) is 0 Å². The fourth-order valence-corrected chi connectivity index (χ4v) is 3.47. The predicted octanol–water partition coefficient (Wildman–Crippen LogP) is 2.56. The number of hydrogen-bond acceptors (Lipinski definition) is 3. The molecule has 1 aliphatic heterocycles. The van der Waals surface area contributed by atoms with E-state index >= 15 is 0 Å². The minimum absolute atomic E-state index is 0.288. The van der Waals surface area contributed by atoms with E-state index in [9.17, 15) is 4.79 Å². The van der Waals surface area contributed by atoms with E-state index in [1.165, 1.54) is 5.56 Å². The van der Waals surface area contributed by atoms with E-state index < -0.39 is 0 Å². The molecule has 1 unspecified atom stereocenters. The summed E-state index contributed by atoms with van der Waals surface area (Å²) < 4.78 is 0. The lowest BCUT2D eigenvalue weighted by molar-refractivity contribution is -0.131. The van der Waals surface area contributed by atoms with E-state index in [1.807, 2.05) is 40.9 Å². The normalized spacial score (nSPS) is 19.4. The van der Waals surface area contributed by atoms with Gasteiger partial charge in [0.25, 0.3) is 0 Å². The highest BCUT2D eigenvalue weighted by molar-refractivity contribution is 8.00. The molecule has 1 aromatic carbocycles. The molecule has 104 valence electrons. The number of benzene rings is 1. The molecule has 2 rings (SSSR count). The maximum absolute atomic E-state index is 12.2. The van der Waals surface area contributed by atoms with Crippen molar-refractivity contribution in [2.45, 2.75) is 31.4 Å². The molecule has 0 bridgehead atoms. The fourth-order valence-electron chi connectivity index (χ4n) is 2.29. The number of anilines is 1. The fraction of sp³-hybridized carbons (Fsp3) is 0.533. The number of thioether (sulfide) groups is 1. The molecule has 0 aliphatic carbocycles. The summed E-state index contributed by atoms with van der Waals surface area (Å²) in [4.78, 5) is 14.2. The van der Waals surface area contributed by atoms with Crippen molar-refractivity contribution in [1.82, 2.24) is 4.90 Å². The number of carbonyl (C=O) groups is 1. The summed E-state index contributed by atoms with van der Waals surface area (Å²) in [6, 6.07) is 7.79. The molecule has 3 nitrogen and oxygen atoms in total. The lowest BCUT2D eigenvalue weighted by atomic mass is 10.1.